The average molecular weight is 445 g/mol. The lowest BCUT2D eigenvalue weighted by Gasteiger charge is -2.11. The zero-order valence-electron chi connectivity index (χ0n) is 20.6. The van der Waals surface area contributed by atoms with Gasteiger partial charge in [0.15, 0.2) is 11.7 Å². The zero-order chi connectivity index (χ0) is 24.0. The van der Waals surface area contributed by atoms with Crippen LogP contribution in [-0.4, -0.2) is 11.7 Å². The summed E-state index contributed by atoms with van der Waals surface area (Å²) in [4.78, 5) is 19.6. The first kappa shape index (κ1) is 21.9. The molecule has 0 unspecified atom stereocenters. The van der Waals surface area contributed by atoms with Crippen molar-refractivity contribution in [3.63, 3.8) is 0 Å². The normalized spacial score (nSPS) is 16.3. The summed E-state index contributed by atoms with van der Waals surface area (Å²) in [5, 5.41) is 1.69. The summed E-state index contributed by atoms with van der Waals surface area (Å²) in [5.41, 5.74) is 11.1. The van der Waals surface area contributed by atoms with Crippen molar-refractivity contribution in [1.29, 1.82) is 0 Å². The predicted molar refractivity (Wildman–Crippen MR) is 142 cm³/mol. The fourth-order valence-corrected chi connectivity index (χ4v) is 4.80. The Hall–Kier alpha value is -3.92. The molecule has 0 amide bonds. The van der Waals surface area contributed by atoms with Crippen LogP contribution in [0, 0.1) is 41.5 Å². The largest absolute Gasteiger partial charge is 0.229 e. The summed E-state index contributed by atoms with van der Waals surface area (Å²) >= 11 is 0. The van der Waals surface area contributed by atoms with Gasteiger partial charge >= 0.3 is 0 Å². The van der Waals surface area contributed by atoms with Crippen LogP contribution in [0.15, 0.2) is 68.5 Å². The van der Waals surface area contributed by atoms with Crippen molar-refractivity contribution in [1.82, 2.24) is 0 Å². The zero-order valence-corrected chi connectivity index (χ0v) is 20.6. The molecule has 0 saturated heterocycles. The SMILES string of the molecule is Cc1cc(C)c(N=C2C=Cc3ccc4c(c3=N2)=NC(=Nc2c(C)cc(C)cc2C)C=C4)c(C)c1. The minimum atomic E-state index is 0.685. The molecule has 2 aliphatic heterocycles. The Labute approximate surface area is 200 Å². The Morgan fingerprint density at radius 1 is 0.500 bits per heavy atom. The summed E-state index contributed by atoms with van der Waals surface area (Å²) in [5.74, 6) is 1.37. The Kier molecular flexibility index (Phi) is 5.45. The molecule has 0 atom stereocenters. The van der Waals surface area contributed by atoms with Gasteiger partial charge in [-0.15, -0.1) is 0 Å². The van der Waals surface area contributed by atoms with Gasteiger partial charge in [0.2, 0.25) is 0 Å². The lowest BCUT2D eigenvalue weighted by Crippen LogP contribution is -2.34. The summed E-state index contributed by atoms with van der Waals surface area (Å²) in [7, 11) is 0. The van der Waals surface area contributed by atoms with Gasteiger partial charge in [-0.05, 0) is 88.1 Å². The maximum Gasteiger partial charge on any atom is 0.153 e. The van der Waals surface area contributed by atoms with E-state index in [0.29, 0.717) is 11.7 Å². The van der Waals surface area contributed by atoms with Crippen LogP contribution in [0.3, 0.4) is 0 Å². The van der Waals surface area contributed by atoms with E-state index in [-0.39, 0.29) is 0 Å². The number of rotatable bonds is 2. The number of nitrogens with zero attached hydrogens (tertiary/aromatic N) is 4. The van der Waals surface area contributed by atoms with Crippen molar-refractivity contribution in [2.45, 2.75) is 41.5 Å². The molecule has 0 N–H and O–H groups in total. The fraction of sp³-hybridized carbons (Fsp3) is 0.200. The highest BCUT2D eigenvalue weighted by Crippen LogP contribution is 2.27. The fourth-order valence-electron chi connectivity index (χ4n) is 4.80. The molecule has 0 bridgehead atoms. The maximum atomic E-state index is 4.93. The van der Waals surface area contributed by atoms with E-state index >= 15 is 0 Å². The third-order valence-corrected chi connectivity index (χ3v) is 6.21. The molecule has 168 valence electrons. The molecule has 0 fully saturated rings. The molecule has 0 radical (unpaired) electrons. The number of hydrogen-bond donors (Lipinski definition) is 0. The van der Waals surface area contributed by atoms with Crippen molar-refractivity contribution in [3.8, 4) is 0 Å². The van der Waals surface area contributed by atoms with E-state index in [4.69, 9.17) is 20.0 Å². The van der Waals surface area contributed by atoms with E-state index in [1.807, 2.05) is 12.2 Å². The van der Waals surface area contributed by atoms with E-state index in [9.17, 15) is 0 Å². The second-order valence-corrected chi connectivity index (χ2v) is 9.27. The molecule has 0 aromatic heterocycles. The molecule has 3 aromatic carbocycles. The molecule has 0 spiro atoms. The highest BCUT2D eigenvalue weighted by Gasteiger charge is 2.12. The molecule has 2 aliphatic rings. The smallest absolute Gasteiger partial charge is 0.153 e. The Morgan fingerprint density at radius 3 is 1.21 bits per heavy atom. The van der Waals surface area contributed by atoms with Crippen LogP contribution >= 0.6 is 0 Å². The molecule has 4 nitrogen and oxygen atoms in total. The van der Waals surface area contributed by atoms with Crippen molar-refractivity contribution in [2.24, 2.45) is 20.0 Å². The monoisotopic (exact) mass is 444 g/mol. The molecule has 3 aromatic rings. The van der Waals surface area contributed by atoms with E-state index < -0.39 is 0 Å². The Morgan fingerprint density at radius 2 is 0.853 bits per heavy atom. The second kappa shape index (κ2) is 8.45. The molecule has 0 saturated carbocycles. The van der Waals surface area contributed by atoms with Gasteiger partial charge in [-0.2, -0.15) is 0 Å². The van der Waals surface area contributed by atoms with Crippen molar-refractivity contribution < 1.29 is 0 Å². The van der Waals surface area contributed by atoms with E-state index in [1.165, 1.54) is 11.1 Å². The van der Waals surface area contributed by atoms with Gasteiger partial charge < -0.3 is 0 Å². The summed E-state index contributed by atoms with van der Waals surface area (Å²) in [6.07, 6.45) is 8.08. The lowest BCUT2D eigenvalue weighted by atomic mass is 10.0. The number of aliphatic imine (C=N–C) groups is 2. The Balaban J connectivity index is 1.66. The van der Waals surface area contributed by atoms with Crippen molar-refractivity contribution >= 4 is 35.2 Å². The summed E-state index contributed by atoms with van der Waals surface area (Å²) in [6.45, 7) is 12.6. The van der Waals surface area contributed by atoms with Gasteiger partial charge in [-0.25, -0.2) is 20.0 Å². The van der Waals surface area contributed by atoms with Crippen LogP contribution in [0.4, 0.5) is 11.4 Å². The topological polar surface area (TPSA) is 49.4 Å². The Bertz CT molecular complexity index is 1430. The highest BCUT2D eigenvalue weighted by molar-refractivity contribution is 6.02. The highest BCUT2D eigenvalue weighted by atomic mass is 14.9. The average Bonchev–Trinajstić information content (AvgIpc) is 2.78. The summed E-state index contributed by atoms with van der Waals surface area (Å²) < 4.78 is 0. The first-order valence-corrected chi connectivity index (χ1v) is 11.6. The molecule has 5 rings (SSSR count). The summed E-state index contributed by atoms with van der Waals surface area (Å²) in [6, 6.07) is 12.8. The minimum Gasteiger partial charge on any atom is -0.229 e. The first-order chi connectivity index (χ1) is 16.3. The van der Waals surface area contributed by atoms with Crippen LogP contribution in [0.5, 0.6) is 0 Å². The van der Waals surface area contributed by atoms with Crippen molar-refractivity contribution in [3.05, 3.63) is 104 Å². The van der Waals surface area contributed by atoms with Crippen molar-refractivity contribution in [2.75, 3.05) is 0 Å². The van der Waals surface area contributed by atoms with Gasteiger partial charge in [0, 0.05) is 11.1 Å². The third kappa shape index (κ3) is 4.08. The second-order valence-electron chi connectivity index (χ2n) is 9.27. The van der Waals surface area contributed by atoms with Crippen LogP contribution < -0.4 is 10.7 Å². The van der Waals surface area contributed by atoms with Crippen LogP contribution in [0.25, 0.3) is 12.2 Å². The number of aryl methyl sites for hydroxylation is 6. The maximum absolute atomic E-state index is 4.93. The van der Waals surface area contributed by atoms with Crippen LogP contribution in [0.1, 0.15) is 44.5 Å². The standard InChI is InChI=1S/C30H28N4/c1-17-13-19(3)27(20(4)14-17)31-25-11-9-23-7-8-24-10-12-26(34-30(24)29(23)33-25)32-28-21(5)15-18(2)16-22(28)6/h7-16H,1-6H3. The molecule has 34 heavy (non-hydrogen) atoms. The quantitative estimate of drug-likeness (QED) is 0.446. The molecule has 4 heteroatoms. The van der Waals surface area contributed by atoms with Gasteiger partial charge in [0.25, 0.3) is 0 Å². The van der Waals surface area contributed by atoms with Gasteiger partial charge in [-0.3, -0.25) is 0 Å². The van der Waals surface area contributed by atoms with E-state index in [1.54, 1.807) is 0 Å². The van der Waals surface area contributed by atoms with Gasteiger partial charge in [0.05, 0.1) is 22.1 Å². The first-order valence-electron chi connectivity index (χ1n) is 11.6. The number of amidine groups is 2. The van der Waals surface area contributed by atoms with E-state index in [2.05, 4.69) is 90.1 Å². The molecule has 2 heterocycles. The van der Waals surface area contributed by atoms with Gasteiger partial charge in [0.1, 0.15) is 0 Å². The van der Waals surface area contributed by atoms with Gasteiger partial charge in [-0.1, -0.05) is 47.5 Å². The van der Waals surface area contributed by atoms with Crippen LogP contribution in [-0.2, 0) is 0 Å². The molecule has 0 aliphatic carbocycles. The number of benzene rings is 3. The lowest BCUT2D eigenvalue weighted by molar-refractivity contribution is 1.20. The van der Waals surface area contributed by atoms with E-state index in [0.717, 1.165) is 55.5 Å². The molecular formula is C30H28N4. The third-order valence-electron chi connectivity index (χ3n) is 6.21. The minimum absolute atomic E-state index is 0.685. The molecular weight excluding hydrogens is 416 g/mol. The van der Waals surface area contributed by atoms with Crippen LogP contribution in [0.2, 0.25) is 0 Å². The number of fused-ring (bicyclic) bond motifs is 3. The number of hydrogen-bond acceptors (Lipinski definition) is 2. The predicted octanol–water partition coefficient (Wildman–Crippen LogP) is 6.29.